The average molecular weight is 227 g/mol. The van der Waals surface area contributed by atoms with Crippen molar-refractivity contribution in [2.45, 2.75) is 39.2 Å². The van der Waals surface area contributed by atoms with Crippen molar-refractivity contribution in [3.05, 3.63) is 0 Å². The van der Waals surface area contributed by atoms with Crippen LogP contribution in [0.1, 0.15) is 33.1 Å². The largest absolute Gasteiger partial charge is 0.368 e. The van der Waals surface area contributed by atoms with Gasteiger partial charge in [-0.2, -0.15) is 0 Å². The highest BCUT2D eigenvalue weighted by Crippen LogP contribution is 2.17. The van der Waals surface area contributed by atoms with Gasteiger partial charge < -0.3 is 11.1 Å². The molecule has 4 nitrogen and oxygen atoms in total. The van der Waals surface area contributed by atoms with Gasteiger partial charge in [-0.3, -0.25) is 9.69 Å². The molecule has 2 atom stereocenters. The molecule has 1 rings (SSSR count). The molecule has 0 aromatic rings. The minimum absolute atomic E-state index is 0.0835. The van der Waals surface area contributed by atoms with E-state index in [4.69, 9.17) is 5.73 Å². The lowest BCUT2D eigenvalue weighted by molar-refractivity contribution is -0.125. The van der Waals surface area contributed by atoms with Crippen LogP contribution in [0, 0.1) is 5.92 Å². The summed E-state index contributed by atoms with van der Waals surface area (Å²) in [4.78, 5) is 13.8. The average Bonchev–Trinajstić information content (AvgIpc) is 2.46. The first kappa shape index (κ1) is 13.5. The number of primary amides is 1. The molecule has 0 aromatic carbocycles. The quantitative estimate of drug-likeness (QED) is 0.722. The van der Waals surface area contributed by atoms with Crippen LogP contribution in [-0.2, 0) is 4.79 Å². The van der Waals surface area contributed by atoms with Gasteiger partial charge in [0.1, 0.15) is 0 Å². The van der Waals surface area contributed by atoms with Crippen molar-refractivity contribution in [1.29, 1.82) is 0 Å². The predicted molar refractivity (Wildman–Crippen MR) is 66.1 cm³/mol. The van der Waals surface area contributed by atoms with Crippen molar-refractivity contribution in [3.8, 4) is 0 Å². The van der Waals surface area contributed by atoms with Gasteiger partial charge in [-0.15, -0.1) is 0 Å². The molecule has 0 spiro atoms. The summed E-state index contributed by atoms with van der Waals surface area (Å²) in [5.74, 6) is 0.198. The second-order valence-electron chi connectivity index (χ2n) is 4.75. The number of carbonyl (C=O) groups is 1. The molecule has 16 heavy (non-hydrogen) atoms. The van der Waals surface area contributed by atoms with Gasteiger partial charge in [0.25, 0.3) is 0 Å². The smallest absolute Gasteiger partial charge is 0.235 e. The van der Waals surface area contributed by atoms with Crippen molar-refractivity contribution in [2.75, 3.05) is 26.2 Å². The molecule has 1 fully saturated rings. The van der Waals surface area contributed by atoms with Crippen LogP contribution in [0.4, 0.5) is 0 Å². The van der Waals surface area contributed by atoms with Crippen molar-refractivity contribution >= 4 is 5.91 Å². The fourth-order valence-electron chi connectivity index (χ4n) is 2.58. The highest BCUT2D eigenvalue weighted by atomic mass is 16.1. The molecular weight excluding hydrogens is 202 g/mol. The summed E-state index contributed by atoms with van der Waals surface area (Å²) in [5, 5.41) is 3.35. The number of nitrogens with zero attached hydrogens (tertiary/aromatic N) is 1. The van der Waals surface area contributed by atoms with Crippen LogP contribution in [0.2, 0.25) is 0 Å². The highest BCUT2D eigenvalue weighted by molar-refractivity contribution is 5.80. The molecule has 2 unspecified atom stereocenters. The van der Waals surface area contributed by atoms with Crippen LogP contribution in [0.5, 0.6) is 0 Å². The molecule has 0 bridgehead atoms. The minimum atomic E-state index is -0.164. The number of amides is 1. The van der Waals surface area contributed by atoms with Crippen molar-refractivity contribution < 1.29 is 4.79 Å². The van der Waals surface area contributed by atoms with Crippen LogP contribution in [0.3, 0.4) is 0 Å². The third kappa shape index (κ3) is 3.76. The Balaban J connectivity index is 2.63. The molecule has 1 saturated heterocycles. The molecule has 0 aliphatic carbocycles. The van der Waals surface area contributed by atoms with Crippen molar-refractivity contribution in [2.24, 2.45) is 11.7 Å². The first-order valence-corrected chi connectivity index (χ1v) is 6.41. The van der Waals surface area contributed by atoms with Gasteiger partial charge in [0.2, 0.25) is 5.91 Å². The lowest BCUT2D eigenvalue weighted by Crippen LogP contribution is -2.49. The molecule has 94 valence electrons. The van der Waals surface area contributed by atoms with Crippen LogP contribution >= 0.6 is 0 Å². The van der Waals surface area contributed by atoms with E-state index in [-0.39, 0.29) is 11.9 Å². The summed E-state index contributed by atoms with van der Waals surface area (Å²) in [6.45, 7) is 8.21. The Kier molecular flexibility index (Phi) is 5.77. The Morgan fingerprint density at radius 3 is 2.81 bits per heavy atom. The highest BCUT2D eigenvalue weighted by Gasteiger charge is 2.28. The molecule has 3 N–H and O–H groups in total. The molecule has 4 heteroatoms. The van der Waals surface area contributed by atoms with Gasteiger partial charge in [-0.05, 0) is 25.3 Å². The first-order valence-electron chi connectivity index (χ1n) is 6.41. The maximum absolute atomic E-state index is 11.6. The Morgan fingerprint density at radius 2 is 2.19 bits per heavy atom. The second kappa shape index (κ2) is 6.86. The Morgan fingerprint density at radius 1 is 1.44 bits per heavy atom. The predicted octanol–water partition coefficient (Wildman–Crippen LogP) is 0.572. The summed E-state index contributed by atoms with van der Waals surface area (Å²) >= 11 is 0. The SMILES string of the molecule is CCCC(C)C(C(N)=O)N1CCCNCC1. The van der Waals surface area contributed by atoms with E-state index >= 15 is 0 Å². The van der Waals surface area contributed by atoms with Crippen LogP contribution in [0.25, 0.3) is 0 Å². The number of nitrogens with one attached hydrogen (secondary N) is 1. The van der Waals surface area contributed by atoms with Crippen LogP contribution in [0.15, 0.2) is 0 Å². The number of carbonyl (C=O) groups excluding carboxylic acids is 1. The van der Waals surface area contributed by atoms with Gasteiger partial charge in [0, 0.05) is 19.6 Å². The lowest BCUT2D eigenvalue weighted by Gasteiger charge is -2.32. The molecule has 0 radical (unpaired) electrons. The lowest BCUT2D eigenvalue weighted by atomic mass is 9.94. The van der Waals surface area contributed by atoms with E-state index in [9.17, 15) is 4.79 Å². The summed E-state index contributed by atoms with van der Waals surface area (Å²) in [6.07, 6.45) is 3.27. The van der Waals surface area contributed by atoms with E-state index in [0.717, 1.165) is 45.4 Å². The van der Waals surface area contributed by atoms with Gasteiger partial charge in [-0.25, -0.2) is 0 Å². The maximum atomic E-state index is 11.6. The molecule has 1 aliphatic heterocycles. The summed E-state index contributed by atoms with van der Waals surface area (Å²) < 4.78 is 0. The van der Waals surface area contributed by atoms with Gasteiger partial charge >= 0.3 is 0 Å². The number of nitrogens with two attached hydrogens (primary N) is 1. The number of rotatable bonds is 5. The fraction of sp³-hybridized carbons (Fsp3) is 0.917. The minimum Gasteiger partial charge on any atom is -0.368 e. The normalized spacial score (nSPS) is 22.4. The van der Waals surface area contributed by atoms with E-state index in [0.29, 0.717) is 5.92 Å². The second-order valence-corrected chi connectivity index (χ2v) is 4.75. The molecule has 1 amide bonds. The van der Waals surface area contributed by atoms with E-state index in [2.05, 4.69) is 24.1 Å². The maximum Gasteiger partial charge on any atom is 0.235 e. The van der Waals surface area contributed by atoms with E-state index in [1.165, 1.54) is 0 Å². The standard InChI is InChI=1S/C12H25N3O/c1-3-5-10(2)11(12(13)16)15-8-4-6-14-7-9-15/h10-11,14H,3-9H2,1-2H3,(H2,13,16). The van der Waals surface area contributed by atoms with Gasteiger partial charge in [0.05, 0.1) is 6.04 Å². The Bertz CT molecular complexity index is 212. The monoisotopic (exact) mass is 227 g/mol. The summed E-state index contributed by atoms with van der Waals surface area (Å²) in [5.41, 5.74) is 5.55. The Labute approximate surface area is 98.6 Å². The van der Waals surface area contributed by atoms with E-state index in [1.807, 2.05) is 0 Å². The zero-order chi connectivity index (χ0) is 12.0. The first-order chi connectivity index (χ1) is 7.66. The Hall–Kier alpha value is -0.610. The summed E-state index contributed by atoms with van der Waals surface area (Å²) in [7, 11) is 0. The molecule has 0 saturated carbocycles. The molecule has 1 heterocycles. The van der Waals surface area contributed by atoms with Crippen LogP contribution in [-0.4, -0.2) is 43.0 Å². The number of hydrogen-bond donors (Lipinski definition) is 2. The van der Waals surface area contributed by atoms with Crippen LogP contribution < -0.4 is 11.1 Å². The number of hydrogen-bond acceptors (Lipinski definition) is 3. The molecular formula is C12H25N3O. The fourth-order valence-corrected chi connectivity index (χ4v) is 2.58. The molecule has 0 aromatic heterocycles. The van der Waals surface area contributed by atoms with E-state index < -0.39 is 0 Å². The third-order valence-corrected chi connectivity index (χ3v) is 3.34. The summed E-state index contributed by atoms with van der Waals surface area (Å²) in [6, 6.07) is -0.0835. The third-order valence-electron chi connectivity index (χ3n) is 3.34. The van der Waals surface area contributed by atoms with Crippen molar-refractivity contribution in [1.82, 2.24) is 10.2 Å². The van der Waals surface area contributed by atoms with E-state index in [1.54, 1.807) is 0 Å². The van der Waals surface area contributed by atoms with Crippen molar-refractivity contribution in [3.63, 3.8) is 0 Å². The zero-order valence-corrected chi connectivity index (χ0v) is 10.5. The van der Waals surface area contributed by atoms with Gasteiger partial charge in [-0.1, -0.05) is 20.3 Å². The van der Waals surface area contributed by atoms with Gasteiger partial charge in [0.15, 0.2) is 0 Å². The molecule has 1 aliphatic rings. The zero-order valence-electron chi connectivity index (χ0n) is 10.5. The topological polar surface area (TPSA) is 58.4 Å².